The molecule has 4 nitrogen and oxygen atoms in total. The lowest BCUT2D eigenvalue weighted by molar-refractivity contribution is 0.280. The lowest BCUT2D eigenvalue weighted by atomic mass is 10.2. The smallest absolute Gasteiger partial charge is 0.219 e. The Kier molecular flexibility index (Phi) is 3.79. The van der Waals surface area contributed by atoms with E-state index < -0.39 is 0 Å². The number of aromatic nitrogens is 1. The summed E-state index contributed by atoms with van der Waals surface area (Å²) in [6.45, 7) is 1.83. The van der Waals surface area contributed by atoms with Crippen molar-refractivity contribution in [3.63, 3.8) is 0 Å². The molecule has 0 fully saturated rings. The molecule has 94 valence electrons. The first-order valence-corrected chi connectivity index (χ1v) is 5.62. The predicted octanol–water partition coefficient (Wildman–Crippen LogP) is 2.68. The van der Waals surface area contributed by atoms with Crippen molar-refractivity contribution in [2.75, 3.05) is 7.11 Å². The van der Waals surface area contributed by atoms with Gasteiger partial charge in [-0.3, -0.25) is 0 Å². The number of methoxy groups -OCH3 is 1. The topological polar surface area (TPSA) is 51.6 Å². The zero-order valence-corrected chi connectivity index (χ0v) is 10.4. The van der Waals surface area contributed by atoms with Gasteiger partial charge in [-0.25, -0.2) is 4.98 Å². The SMILES string of the molecule is COc1ccc(Oc2ccc(CO)c(C)n2)cc1. The van der Waals surface area contributed by atoms with E-state index in [4.69, 9.17) is 14.6 Å². The van der Waals surface area contributed by atoms with Gasteiger partial charge in [-0.2, -0.15) is 0 Å². The van der Waals surface area contributed by atoms with Crippen LogP contribution in [0.5, 0.6) is 17.4 Å². The van der Waals surface area contributed by atoms with Crippen LogP contribution in [-0.2, 0) is 6.61 Å². The van der Waals surface area contributed by atoms with Crippen molar-refractivity contribution in [2.45, 2.75) is 13.5 Å². The first-order chi connectivity index (χ1) is 8.72. The number of hydrogen-bond acceptors (Lipinski definition) is 4. The van der Waals surface area contributed by atoms with E-state index >= 15 is 0 Å². The Morgan fingerprint density at radius 3 is 2.28 bits per heavy atom. The maximum Gasteiger partial charge on any atom is 0.219 e. The summed E-state index contributed by atoms with van der Waals surface area (Å²) in [4.78, 5) is 4.27. The van der Waals surface area contributed by atoms with Crippen molar-refractivity contribution in [1.82, 2.24) is 4.98 Å². The Hall–Kier alpha value is -2.07. The minimum Gasteiger partial charge on any atom is -0.497 e. The first-order valence-electron chi connectivity index (χ1n) is 5.62. The van der Waals surface area contributed by atoms with Gasteiger partial charge in [-0.05, 0) is 42.8 Å². The summed E-state index contributed by atoms with van der Waals surface area (Å²) in [5.41, 5.74) is 1.57. The monoisotopic (exact) mass is 245 g/mol. The highest BCUT2D eigenvalue weighted by Gasteiger charge is 2.03. The van der Waals surface area contributed by atoms with E-state index in [2.05, 4.69) is 4.98 Å². The number of nitrogens with zero attached hydrogens (tertiary/aromatic N) is 1. The van der Waals surface area contributed by atoms with Gasteiger partial charge in [0.05, 0.1) is 13.7 Å². The number of pyridine rings is 1. The third-order valence-electron chi connectivity index (χ3n) is 2.62. The molecule has 0 bridgehead atoms. The zero-order valence-electron chi connectivity index (χ0n) is 10.4. The van der Waals surface area contributed by atoms with Gasteiger partial charge >= 0.3 is 0 Å². The van der Waals surface area contributed by atoms with Gasteiger partial charge in [0.1, 0.15) is 11.5 Å². The van der Waals surface area contributed by atoms with Crippen molar-refractivity contribution in [3.8, 4) is 17.4 Å². The second-order valence-corrected chi connectivity index (χ2v) is 3.83. The quantitative estimate of drug-likeness (QED) is 0.899. The Labute approximate surface area is 106 Å². The summed E-state index contributed by atoms with van der Waals surface area (Å²) < 4.78 is 10.7. The van der Waals surface area contributed by atoms with Gasteiger partial charge in [-0.15, -0.1) is 0 Å². The van der Waals surface area contributed by atoms with E-state index in [9.17, 15) is 0 Å². The molecule has 0 saturated heterocycles. The van der Waals surface area contributed by atoms with Crippen LogP contribution >= 0.6 is 0 Å². The summed E-state index contributed by atoms with van der Waals surface area (Å²) >= 11 is 0. The number of aliphatic hydroxyl groups is 1. The molecule has 0 aliphatic heterocycles. The normalized spacial score (nSPS) is 10.2. The maximum absolute atomic E-state index is 9.06. The Morgan fingerprint density at radius 1 is 1.06 bits per heavy atom. The molecule has 0 radical (unpaired) electrons. The maximum atomic E-state index is 9.06. The Bertz CT molecular complexity index is 523. The molecule has 18 heavy (non-hydrogen) atoms. The number of aliphatic hydroxyl groups excluding tert-OH is 1. The van der Waals surface area contributed by atoms with Crippen LogP contribution in [0.15, 0.2) is 36.4 Å². The summed E-state index contributed by atoms with van der Waals surface area (Å²) in [5, 5.41) is 9.06. The number of benzene rings is 1. The van der Waals surface area contributed by atoms with E-state index in [0.29, 0.717) is 11.6 Å². The molecule has 2 aromatic rings. The third kappa shape index (κ3) is 2.78. The van der Waals surface area contributed by atoms with Crippen molar-refractivity contribution >= 4 is 0 Å². The summed E-state index contributed by atoms with van der Waals surface area (Å²) in [6.07, 6.45) is 0. The largest absolute Gasteiger partial charge is 0.497 e. The molecule has 1 heterocycles. The highest BCUT2D eigenvalue weighted by atomic mass is 16.5. The molecule has 0 aliphatic rings. The molecular weight excluding hydrogens is 230 g/mol. The highest BCUT2D eigenvalue weighted by molar-refractivity contribution is 5.34. The second kappa shape index (κ2) is 5.51. The van der Waals surface area contributed by atoms with Crippen LogP contribution in [0.4, 0.5) is 0 Å². The number of aryl methyl sites for hydroxylation is 1. The minimum atomic E-state index is -0.0123. The van der Waals surface area contributed by atoms with E-state index in [1.807, 2.05) is 31.2 Å². The van der Waals surface area contributed by atoms with Gasteiger partial charge < -0.3 is 14.6 Å². The molecule has 0 atom stereocenters. The average molecular weight is 245 g/mol. The third-order valence-corrected chi connectivity index (χ3v) is 2.62. The van der Waals surface area contributed by atoms with Crippen LogP contribution in [0, 0.1) is 6.92 Å². The Balaban J connectivity index is 2.15. The van der Waals surface area contributed by atoms with Crippen LogP contribution in [-0.4, -0.2) is 17.2 Å². The number of ether oxygens (including phenoxy) is 2. The lowest BCUT2D eigenvalue weighted by Crippen LogP contribution is -1.95. The van der Waals surface area contributed by atoms with Crippen LogP contribution in [0.3, 0.4) is 0 Å². The van der Waals surface area contributed by atoms with Crippen LogP contribution in [0.1, 0.15) is 11.3 Å². The molecule has 1 N–H and O–H groups in total. The second-order valence-electron chi connectivity index (χ2n) is 3.83. The fourth-order valence-corrected chi connectivity index (χ4v) is 1.56. The molecule has 0 aliphatic carbocycles. The van der Waals surface area contributed by atoms with Crippen molar-refractivity contribution in [1.29, 1.82) is 0 Å². The van der Waals surface area contributed by atoms with Gasteiger partial charge in [0.2, 0.25) is 5.88 Å². The average Bonchev–Trinajstić information content (AvgIpc) is 2.40. The predicted molar refractivity (Wildman–Crippen MR) is 68.0 cm³/mol. The molecule has 0 saturated carbocycles. The summed E-state index contributed by atoms with van der Waals surface area (Å²) in [7, 11) is 1.62. The number of rotatable bonds is 4. The van der Waals surface area contributed by atoms with E-state index in [1.165, 1.54) is 0 Å². The van der Waals surface area contributed by atoms with E-state index in [1.54, 1.807) is 19.2 Å². The van der Waals surface area contributed by atoms with Gasteiger partial charge in [-0.1, -0.05) is 0 Å². The molecule has 0 spiro atoms. The lowest BCUT2D eigenvalue weighted by Gasteiger charge is -2.08. The van der Waals surface area contributed by atoms with Crippen molar-refractivity contribution in [3.05, 3.63) is 47.7 Å². The van der Waals surface area contributed by atoms with Gasteiger partial charge in [0.15, 0.2) is 0 Å². The highest BCUT2D eigenvalue weighted by Crippen LogP contribution is 2.23. The zero-order chi connectivity index (χ0) is 13.0. The first kappa shape index (κ1) is 12.4. The molecule has 0 unspecified atom stereocenters. The molecule has 1 aromatic carbocycles. The Morgan fingerprint density at radius 2 is 1.72 bits per heavy atom. The number of hydrogen-bond donors (Lipinski definition) is 1. The fraction of sp³-hybridized carbons (Fsp3) is 0.214. The molecule has 4 heteroatoms. The van der Waals surface area contributed by atoms with Crippen molar-refractivity contribution in [2.24, 2.45) is 0 Å². The standard InChI is InChI=1S/C14H15NO3/c1-10-11(9-16)3-8-14(15-10)18-13-6-4-12(17-2)5-7-13/h3-8,16H,9H2,1-2H3. The van der Waals surface area contributed by atoms with Crippen molar-refractivity contribution < 1.29 is 14.6 Å². The molecule has 0 amide bonds. The van der Waals surface area contributed by atoms with E-state index in [-0.39, 0.29) is 6.61 Å². The van der Waals surface area contributed by atoms with Gasteiger partial charge in [0, 0.05) is 11.8 Å². The van der Waals surface area contributed by atoms with Crippen LogP contribution in [0.25, 0.3) is 0 Å². The van der Waals surface area contributed by atoms with Crippen LogP contribution < -0.4 is 9.47 Å². The summed E-state index contributed by atoms with van der Waals surface area (Å²) in [5.74, 6) is 1.98. The minimum absolute atomic E-state index is 0.0123. The molecular formula is C14H15NO3. The fourth-order valence-electron chi connectivity index (χ4n) is 1.56. The summed E-state index contributed by atoms with van der Waals surface area (Å²) in [6, 6.07) is 10.8. The molecule has 2 rings (SSSR count). The van der Waals surface area contributed by atoms with E-state index in [0.717, 1.165) is 17.0 Å². The molecule has 1 aromatic heterocycles. The van der Waals surface area contributed by atoms with Crippen LogP contribution in [0.2, 0.25) is 0 Å². The van der Waals surface area contributed by atoms with Gasteiger partial charge in [0.25, 0.3) is 0 Å².